The Kier molecular flexibility index (Phi) is 3.81. The number of aryl methyl sites for hydroxylation is 1. The summed E-state index contributed by atoms with van der Waals surface area (Å²) in [7, 11) is 0. The topological polar surface area (TPSA) is 35.8 Å². The molecule has 0 fully saturated rings. The lowest BCUT2D eigenvalue weighted by molar-refractivity contribution is 0.321. The molecule has 1 aromatic carbocycles. The number of hydrogen-bond acceptors (Lipinski definition) is 3. The molecule has 0 aromatic heterocycles. The lowest BCUT2D eigenvalue weighted by Crippen LogP contribution is -2.51. The summed E-state index contributed by atoms with van der Waals surface area (Å²) in [6.07, 6.45) is 2.67. The summed E-state index contributed by atoms with van der Waals surface area (Å²) in [5.41, 5.74) is 5.01. The van der Waals surface area contributed by atoms with Gasteiger partial charge in [0, 0.05) is 17.3 Å². The molecule has 0 radical (unpaired) electrons. The Balaban J connectivity index is 2.63. The average Bonchev–Trinajstić information content (AvgIpc) is 2.29. The maximum Gasteiger partial charge on any atom is 0.0736 e. The molecule has 20 heavy (non-hydrogen) atoms. The van der Waals surface area contributed by atoms with Crippen molar-refractivity contribution < 1.29 is 5.21 Å². The third kappa shape index (κ3) is 2.41. The van der Waals surface area contributed by atoms with Crippen LogP contribution in [0.25, 0.3) is 0 Å². The molecular formula is C17H26N2O. The van der Waals surface area contributed by atoms with Crippen molar-refractivity contribution >= 4 is 11.9 Å². The van der Waals surface area contributed by atoms with Crippen LogP contribution in [-0.2, 0) is 0 Å². The molecule has 3 heteroatoms. The van der Waals surface area contributed by atoms with E-state index in [1.807, 2.05) is 0 Å². The van der Waals surface area contributed by atoms with Gasteiger partial charge in [0.2, 0.25) is 0 Å². The van der Waals surface area contributed by atoms with Crippen molar-refractivity contribution in [3.05, 3.63) is 28.8 Å². The smallest absolute Gasteiger partial charge is 0.0736 e. The van der Waals surface area contributed by atoms with E-state index in [1.165, 1.54) is 17.5 Å². The molecule has 1 heterocycles. The van der Waals surface area contributed by atoms with Gasteiger partial charge in [-0.1, -0.05) is 12.1 Å². The second-order valence-corrected chi connectivity index (χ2v) is 6.89. The standard InChI is InChI=1S/C17H26N2O/c1-11(2)19-16-7-12(3)14(10-18-20)8-15(16)13(4)9-17(19,5)6/h7-8,10-11,13,20H,9H2,1-6H3/b18-10+/t13-/m0/s1. The zero-order valence-electron chi connectivity index (χ0n) is 13.4. The minimum absolute atomic E-state index is 0.166. The van der Waals surface area contributed by atoms with Crippen LogP contribution < -0.4 is 4.90 Å². The second-order valence-electron chi connectivity index (χ2n) is 6.89. The van der Waals surface area contributed by atoms with Crippen LogP contribution in [0, 0.1) is 6.92 Å². The molecule has 1 atom stereocenters. The maximum absolute atomic E-state index is 8.80. The predicted molar refractivity (Wildman–Crippen MR) is 85.3 cm³/mol. The van der Waals surface area contributed by atoms with Crippen molar-refractivity contribution in [3.63, 3.8) is 0 Å². The number of oxime groups is 1. The number of nitrogens with zero attached hydrogens (tertiary/aromatic N) is 2. The van der Waals surface area contributed by atoms with E-state index in [2.05, 4.69) is 63.7 Å². The third-order valence-corrected chi connectivity index (χ3v) is 4.38. The Hall–Kier alpha value is -1.51. The maximum atomic E-state index is 8.80. The van der Waals surface area contributed by atoms with E-state index in [9.17, 15) is 0 Å². The molecule has 1 N–H and O–H groups in total. The monoisotopic (exact) mass is 274 g/mol. The Labute approximate surface area is 122 Å². The fourth-order valence-corrected chi connectivity index (χ4v) is 3.79. The quantitative estimate of drug-likeness (QED) is 0.496. The molecular weight excluding hydrogens is 248 g/mol. The minimum atomic E-state index is 0.166. The summed E-state index contributed by atoms with van der Waals surface area (Å²) in [5.74, 6) is 0.515. The van der Waals surface area contributed by atoms with Gasteiger partial charge < -0.3 is 10.1 Å². The van der Waals surface area contributed by atoms with E-state index in [4.69, 9.17) is 5.21 Å². The van der Waals surface area contributed by atoms with Gasteiger partial charge in [-0.15, -0.1) is 0 Å². The Morgan fingerprint density at radius 2 is 2.05 bits per heavy atom. The van der Waals surface area contributed by atoms with E-state index in [1.54, 1.807) is 0 Å². The van der Waals surface area contributed by atoms with Crippen LogP contribution in [0.5, 0.6) is 0 Å². The van der Waals surface area contributed by atoms with Gasteiger partial charge in [0.15, 0.2) is 0 Å². The van der Waals surface area contributed by atoms with Crippen LogP contribution in [0.2, 0.25) is 0 Å². The highest BCUT2D eigenvalue weighted by molar-refractivity contribution is 5.83. The van der Waals surface area contributed by atoms with E-state index >= 15 is 0 Å². The molecule has 0 amide bonds. The van der Waals surface area contributed by atoms with Gasteiger partial charge in [-0.3, -0.25) is 0 Å². The van der Waals surface area contributed by atoms with Crippen LogP contribution in [0.15, 0.2) is 17.3 Å². The van der Waals surface area contributed by atoms with Crippen molar-refractivity contribution in [2.45, 2.75) is 65.5 Å². The molecule has 0 spiro atoms. The summed E-state index contributed by atoms with van der Waals surface area (Å²) < 4.78 is 0. The predicted octanol–water partition coefficient (Wildman–Crippen LogP) is 4.30. The normalized spacial score (nSPS) is 21.6. The molecule has 0 saturated heterocycles. The molecule has 2 rings (SSSR count). The summed E-state index contributed by atoms with van der Waals surface area (Å²) in [5, 5.41) is 12.0. The molecule has 1 aliphatic rings. The van der Waals surface area contributed by atoms with Crippen LogP contribution in [0.1, 0.15) is 63.6 Å². The highest BCUT2D eigenvalue weighted by atomic mass is 16.4. The molecule has 0 unspecified atom stereocenters. The largest absolute Gasteiger partial charge is 0.411 e. The molecule has 1 aliphatic heterocycles. The van der Waals surface area contributed by atoms with Gasteiger partial charge in [0.25, 0.3) is 0 Å². The lowest BCUT2D eigenvalue weighted by Gasteiger charge is -2.50. The molecule has 1 aromatic rings. The molecule has 110 valence electrons. The first-order valence-electron chi connectivity index (χ1n) is 7.39. The molecule has 0 aliphatic carbocycles. The number of fused-ring (bicyclic) bond motifs is 1. The molecule has 0 saturated carbocycles. The van der Waals surface area contributed by atoms with Crippen LogP contribution in [-0.4, -0.2) is 23.0 Å². The van der Waals surface area contributed by atoms with Crippen molar-refractivity contribution in [2.75, 3.05) is 4.90 Å². The number of anilines is 1. The number of rotatable bonds is 2. The fraction of sp³-hybridized carbons (Fsp3) is 0.588. The first-order chi connectivity index (χ1) is 9.27. The first-order valence-corrected chi connectivity index (χ1v) is 7.39. The van der Waals surface area contributed by atoms with E-state index in [0.29, 0.717) is 12.0 Å². The average molecular weight is 274 g/mol. The number of benzene rings is 1. The van der Waals surface area contributed by atoms with E-state index in [-0.39, 0.29) is 5.54 Å². The summed E-state index contributed by atoms with van der Waals surface area (Å²) >= 11 is 0. The Morgan fingerprint density at radius 3 is 2.60 bits per heavy atom. The summed E-state index contributed by atoms with van der Waals surface area (Å²) in [4.78, 5) is 2.52. The zero-order valence-corrected chi connectivity index (χ0v) is 13.4. The van der Waals surface area contributed by atoms with E-state index < -0.39 is 0 Å². The third-order valence-electron chi connectivity index (χ3n) is 4.38. The van der Waals surface area contributed by atoms with Crippen molar-refractivity contribution in [1.82, 2.24) is 0 Å². The van der Waals surface area contributed by atoms with Gasteiger partial charge in [0.05, 0.1) is 6.21 Å². The first kappa shape index (κ1) is 14.9. The Bertz CT molecular complexity index is 532. The van der Waals surface area contributed by atoms with Gasteiger partial charge in [-0.25, -0.2) is 0 Å². The molecule has 0 bridgehead atoms. The fourth-order valence-electron chi connectivity index (χ4n) is 3.79. The van der Waals surface area contributed by atoms with Gasteiger partial charge >= 0.3 is 0 Å². The summed E-state index contributed by atoms with van der Waals surface area (Å²) in [6.45, 7) is 13.5. The molecule has 3 nitrogen and oxygen atoms in total. The van der Waals surface area contributed by atoms with Crippen molar-refractivity contribution in [3.8, 4) is 0 Å². The summed E-state index contributed by atoms with van der Waals surface area (Å²) in [6, 6.07) is 4.89. The second kappa shape index (κ2) is 5.12. The number of hydrogen-bond donors (Lipinski definition) is 1. The van der Waals surface area contributed by atoms with Crippen LogP contribution in [0.3, 0.4) is 0 Å². The van der Waals surface area contributed by atoms with Crippen LogP contribution in [0.4, 0.5) is 5.69 Å². The zero-order chi connectivity index (χ0) is 15.1. The van der Waals surface area contributed by atoms with Gasteiger partial charge in [-0.05, 0) is 75.8 Å². The van der Waals surface area contributed by atoms with Crippen molar-refractivity contribution in [1.29, 1.82) is 0 Å². The highest BCUT2D eigenvalue weighted by Crippen LogP contribution is 2.45. The van der Waals surface area contributed by atoms with Gasteiger partial charge in [-0.2, -0.15) is 0 Å². The van der Waals surface area contributed by atoms with E-state index in [0.717, 1.165) is 17.5 Å². The van der Waals surface area contributed by atoms with Gasteiger partial charge in [0.1, 0.15) is 0 Å². The lowest BCUT2D eigenvalue weighted by atomic mass is 9.78. The Morgan fingerprint density at radius 1 is 1.40 bits per heavy atom. The van der Waals surface area contributed by atoms with Crippen molar-refractivity contribution in [2.24, 2.45) is 5.16 Å². The van der Waals surface area contributed by atoms with Crippen LogP contribution >= 0.6 is 0 Å². The minimum Gasteiger partial charge on any atom is -0.411 e. The SMILES string of the molecule is Cc1cc2c(cc1/C=N/O)[C@@H](C)CC(C)(C)N2C(C)C. The highest BCUT2D eigenvalue weighted by Gasteiger charge is 2.37.